The van der Waals surface area contributed by atoms with Crippen molar-refractivity contribution in [1.82, 2.24) is 0 Å². The van der Waals surface area contributed by atoms with Crippen LogP contribution in [0.2, 0.25) is 0 Å². The Morgan fingerprint density at radius 2 is 1.86 bits per heavy atom. The highest BCUT2D eigenvalue weighted by molar-refractivity contribution is 5.83. The Labute approximate surface area is 81.6 Å². The summed E-state index contributed by atoms with van der Waals surface area (Å²) in [5.41, 5.74) is 0. The maximum atomic E-state index is 11.4. The number of carbonyl (C=O) groups excluding carboxylic acids is 1. The molecule has 1 unspecified atom stereocenters. The number of carbonyl (C=O) groups is 2. The molecule has 1 saturated carbocycles. The zero-order chi connectivity index (χ0) is 10.3. The van der Waals surface area contributed by atoms with Crippen LogP contribution in [-0.4, -0.2) is 24.2 Å². The summed E-state index contributed by atoms with van der Waals surface area (Å²) in [6.07, 6.45) is 4.62. The minimum atomic E-state index is -0.891. The van der Waals surface area contributed by atoms with E-state index < -0.39 is 23.8 Å². The molecule has 0 saturated heterocycles. The van der Waals surface area contributed by atoms with E-state index in [2.05, 4.69) is 4.74 Å². The summed E-state index contributed by atoms with van der Waals surface area (Å²) in [7, 11) is 1.30. The molecule has 4 nitrogen and oxygen atoms in total. The molecule has 0 aromatic heterocycles. The number of aliphatic carboxylic acids is 1. The molecule has 1 N–H and O–H groups in total. The minimum absolute atomic E-state index is 0.0154. The van der Waals surface area contributed by atoms with E-state index in [-0.39, 0.29) is 11.8 Å². The van der Waals surface area contributed by atoms with Crippen LogP contribution < -0.4 is 0 Å². The molecule has 2 bridgehead atoms. The molecule has 14 heavy (non-hydrogen) atoms. The summed E-state index contributed by atoms with van der Waals surface area (Å²) in [5.74, 6) is -2.27. The van der Waals surface area contributed by atoms with Gasteiger partial charge in [-0.1, -0.05) is 12.2 Å². The van der Waals surface area contributed by atoms with Gasteiger partial charge in [0, 0.05) is 0 Å². The predicted octanol–water partition coefficient (Wildman–Crippen LogP) is 0.682. The molecule has 0 spiro atoms. The zero-order valence-corrected chi connectivity index (χ0v) is 7.84. The Hall–Kier alpha value is -1.32. The van der Waals surface area contributed by atoms with Gasteiger partial charge in [-0.05, 0) is 18.3 Å². The van der Waals surface area contributed by atoms with E-state index in [0.717, 1.165) is 6.42 Å². The maximum absolute atomic E-state index is 11.4. The van der Waals surface area contributed by atoms with Gasteiger partial charge in [-0.2, -0.15) is 0 Å². The number of ether oxygens (including phenoxy) is 1. The predicted molar refractivity (Wildman–Crippen MR) is 47.4 cm³/mol. The van der Waals surface area contributed by atoms with Crippen molar-refractivity contribution in [1.29, 1.82) is 0 Å². The van der Waals surface area contributed by atoms with Gasteiger partial charge >= 0.3 is 11.9 Å². The molecule has 0 aromatic rings. The van der Waals surface area contributed by atoms with Crippen LogP contribution in [0, 0.1) is 23.7 Å². The largest absolute Gasteiger partial charge is 0.481 e. The van der Waals surface area contributed by atoms with Gasteiger partial charge in [0.1, 0.15) is 0 Å². The average Bonchev–Trinajstić information content (AvgIpc) is 2.74. The van der Waals surface area contributed by atoms with E-state index in [1.807, 2.05) is 12.2 Å². The number of methoxy groups -OCH3 is 1. The summed E-state index contributed by atoms with van der Waals surface area (Å²) in [5, 5.41) is 9.01. The molecule has 4 heteroatoms. The second-order valence-electron chi connectivity index (χ2n) is 3.86. The quantitative estimate of drug-likeness (QED) is 0.521. The molecule has 2 aliphatic carbocycles. The highest BCUT2D eigenvalue weighted by Gasteiger charge is 2.52. The molecule has 4 atom stereocenters. The molecular weight excluding hydrogens is 184 g/mol. The van der Waals surface area contributed by atoms with Crippen LogP contribution in [-0.2, 0) is 14.3 Å². The normalized spacial score (nSPS) is 38.6. The van der Waals surface area contributed by atoms with Gasteiger partial charge in [-0.15, -0.1) is 0 Å². The van der Waals surface area contributed by atoms with Crippen LogP contribution in [0.5, 0.6) is 0 Å². The first-order valence-corrected chi connectivity index (χ1v) is 4.64. The third kappa shape index (κ3) is 1.14. The number of fused-ring (bicyclic) bond motifs is 2. The molecule has 0 radical (unpaired) electrons. The second kappa shape index (κ2) is 3.12. The smallest absolute Gasteiger partial charge is 0.310 e. The number of esters is 1. The Morgan fingerprint density at radius 1 is 1.29 bits per heavy atom. The molecule has 0 amide bonds. The van der Waals surface area contributed by atoms with Crippen molar-refractivity contribution in [3.63, 3.8) is 0 Å². The van der Waals surface area contributed by atoms with Crippen LogP contribution >= 0.6 is 0 Å². The van der Waals surface area contributed by atoms with Gasteiger partial charge in [0.05, 0.1) is 18.9 Å². The lowest BCUT2D eigenvalue weighted by Gasteiger charge is -2.21. The topological polar surface area (TPSA) is 63.6 Å². The van der Waals surface area contributed by atoms with Crippen molar-refractivity contribution in [3.8, 4) is 0 Å². The van der Waals surface area contributed by atoms with Crippen molar-refractivity contribution in [2.75, 3.05) is 7.11 Å². The fourth-order valence-electron chi connectivity index (χ4n) is 2.62. The van der Waals surface area contributed by atoms with Crippen molar-refractivity contribution < 1.29 is 19.4 Å². The summed E-state index contributed by atoms with van der Waals surface area (Å²) < 4.78 is 4.63. The molecule has 76 valence electrons. The van der Waals surface area contributed by atoms with Crippen molar-refractivity contribution in [3.05, 3.63) is 12.2 Å². The van der Waals surface area contributed by atoms with Crippen LogP contribution in [0.15, 0.2) is 12.2 Å². The zero-order valence-electron chi connectivity index (χ0n) is 7.84. The number of carboxylic acids is 1. The Balaban J connectivity index is 2.26. The first-order valence-electron chi connectivity index (χ1n) is 4.64. The molecule has 0 heterocycles. The fraction of sp³-hybridized carbons (Fsp3) is 0.600. The maximum Gasteiger partial charge on any atom is 0.310 e. The van der Waals surface area contributed by atoms with E-state index in [0.29, 0.717) is 0 Å². The van der Waals surface area contributed by atoms with Crippen LogP contribution in [0.3, 0.4) is 0 Å². The van der Waals surface area contributed by atoms with Crippen molar-refractivity contribution in [2.45, 2.75) is 6.42 Å². The highest BCUT2D eigenvalue weighted by atomic mass is 16.5. The molecule has 2 aliphatic rings. The third-order valence-corrected chi connectivity index (χ3v) is 3.22. The number of hydrogen-bond acceptors (Lipinski definition) is 3. The number of rotatable bonds is 2. The lowest BCUT2D eigenvalue weighted by molar-refractivity contribution is -0.156. The SMILES string of the molecule is COC(=O)[C@@H]1C2C=C[C@@H](C2)[C@@H]1C(=O)O. The fourth-order valence-corrected chi connectivity index (χ4v) is 2.62. The van der Waals surface area contributed by atoms with Crippen molar-refractivity contribution >= 4 is 11.9 Å². The second-order valence-corrected chi connectivity index (χ2v) is 3.86. The van der Waals surface area contributed by atoms with Gasteiger partial charge in [-0.25, -0.2) is 0 Å². The first kappa shape index (κ1) is 9.24. The Kier molecular flexibility index (Phi) is 2.06. The van der Waals surface area contributed by atoms with E-state index in [4.69, 9.17) is 5.11 Å². The molecule has 1 fully saturated rings. The van der Waals surface area contributed by atoms with Gasteiger partial charge in [-0.3, -0.25) is 9.59 Å². The minimum Gasteiger partial charge on any atom is -0.481 e. The van der Waals surface area contributed by atoms with E-state index in [9.17, 15) is 9.59 Å². The van der Waals surface area contributed by atoms with E-state index >= 15 is 0 Å². The van der Waals surface area contributed by atoms with E-state index in [1.165, 1.54) is 7.11 Å². The third-order valence-electron chi connectivity index (χ3n) is 3.22. The summed E-state index contributed by atoms with van der Waals surface area (Å²) in [4.78, 5) is 22.4. The lowest BCUT2D eigenvalue weighted by atomic mass is 9.83. The van der Waals surface area contributed by atoms with Gasteiger partial charge in [0.2, 0.25) is 0 Å². The summed E-state index contributed by atoms with van der Waals surface area (Å²) >= 11 is 0. The van der Waals surface area contributed by atoms with Gasteiger partial charge in [0.15, 0.2) is 0 Å². The highest BCUT2D eigenvalue weighted by Crippen LogP contribution is 2.48. The van der Waals surface area contributed by atoms with Crippen molar-refractivity contribution in [2.24, 2.45) is 23.7 Å². The van der Waals surface area contributed by atoms with Gasteiger partial charge in [0.25, 0.3) is 0 Å². The van der Waals surface area contributed by atoms with Crippen LogP contribution in [0.1, 0.15) is 6.42 Å². The molecule has 0 aliphatic heterocycles. The van der Waals surface area contributed by atoms with Gasteiger partial charge < -0.3 is 9.84 Å². The number of carboxylic acid groups (broad SMARTS) is 1. The summed E-state index contributed by atoms with van der Waals surface area (Å²) in [6.45, 7) is 0. The average molecular weight is 196 g/mol. The number of hydrogen-bond donors (Lipinski definition) is 1. The lowest BCUT2D eigenvalue weighted by Crippen LogP contribution is -2.33. The Bertz CT molecular complexity index is 307. The standard InChI is InChI=1S/C10H12O4/c1-14-10(13)8-6-3-2-5(4-6)7(8)9(11)12/h2-3,5-8H,4H2,1H3,(H,11,12)/t5-,6?,7-,8+/m0/s1. The van der Waals surface area contributed by atoms with Crippen LogP contribution in [0.4, 0.5) is 0 Å². The summed E-state index contributed by atoms with van der Waals surface area (Å²) in [6, 6.07) is 0. The number of allylic oxidation sites excluding steroid dienone is 2. The first-order chi connectivity index (χ1) is 6.65. The van der Waals surface area contributed by atoms with Crippen LogP contribution in [0.25, 0.3) is 0 Å². The molecule has 2 rings (SSSR count). The Morgan fingerprint density at radius 3 is 2.36 bits per heavy atom. The van der Waals surface area contributed by atoms with E-state index in [1.54, 1.807) is 0 Å². The molecule has 0 aromatic carbocycles. The monoisotopic (exact) mass is 196 g/mol. The molecular formula is C10H12O4.